The van der Waals surface area contributed by atoms with Gasteiger partial charge in [0.1, 0.15) is 5.60 Å². The van der Waals surface area contributed by atoms with Crippen molar-refractivity contribution in [2.45, 2.75) is 38.9 Å². The van der Waals surface area contributed by atoms with Gasteiger partial charge in [-0.3, -0.25) is 0 Å². The molecule has 0 aliphatic carbocycles. The van der Waals surface area contributed by atoms with Crippen LogP contribution in [0.15, 0.2) is 42.5 Å². The van der Waals surface area contributed by atoms with Crippen molar-refractivity contribution in [3.63, 3.8) is 0 Å². The van der Waals surface area contributed by atoms with Gasteiger partial charge in [0, 0.05) is 18.6 Å². The van der Waals surface area contributed by atoms with Crippen molar-refractivity contribution in [1.29, 1.82) is 0 Å². The Labute approximate surface area is 126 Å². The third-order valence-corrected chi connectivity index (χ3v) is 2.89. The van der Waals surface area contributed by atoms with Gasteiger partial charge in [-0.15, -0.1) is 0 Å². The van der Waals surface area contributed by atoms with Crippen LogP contribution in [0.5, 0.6) is 0 Å². The van der Waals surface area contributed by atoms with Crippen LogP contribution in [0.25, 0.3) is 0 Å². The summed E-state index contributed by atoms with van der Waals surface area (Å²) in [5, 5.41) is 19.5. The molecule has 4 heteroatoms. The SMILES string of the molecule is CC(C)(C)OC(=O)/C=C/[C@@H](O)[C@@H](CO)Cc1ccccc1. The summed E-state index contributed by atoms with van der Waals surface area (Å²) in [6, 6.07) is 9.61. The van der Waals surface area contributed by atoms with Crippen LogP contribution >= 0.6 is 0 Å². The Hall–Kier alpha value is -1.65. The molecule has 116 valence electrons. The van der Waals surface area contributed by atoms with E-state index in [-0.39, 0.29) is 12.5 Å². The molecule has 0 heterocycles. The second-order valence-electron chi connectivity index (χ2n) is 6.02. The predicted octanol–water partition coefficient (Wildman–Crippen LogP) is 2.10. The first-order chi connectivity index (χ1) is 9.81. The highest BCUT2D eigenvalue weighted by Crippen LogP contribution is 2.14. The monoisotopic (exact) mass is 292 g/mol. The maximum atomic E-state index is 11.5. The van der Waals surface area contributed by atoms with Crippen LogP contribution in [-0.2, 0) is 16.0 Å². The van der Waals surface area contributed by atoms with E-state index in [1.807, 2.05) is 30.3 Å². The fourth-order valence-electron chi connectivity index (χ4n) is 1.88. The highest BCUT2D eigenvalue weighted by atomic mass is 16.6. The van der Waals surface area contributed by atoms with Gasteiger partial charge in [-0.25, -0.2) is 4.79 Å². The molecular weight excluding hydrogens is 268 g/mol. The standard InChI is InChI=1S/C17H24O4/c1-17(2,3)21-16(20)10-9-15(19)14(12-18)11-13-7-5-4-6-8-13/h4-10,14-15,18-19H,11-12H2,1-3H3/b10-9+/t14-,15-/m1/s1. The van der Waals surface area contributed by atoms with Crippen molar-refractivity contribution in [3.8, 4) is 0 Å². The Kier molecular flexibility index (Phi) is 6.59. The number of hydrogen-bond donors (Lipinski definition) is 2. The lowest BCUT2D eigenvalue weighted by Gasteiger charge is -2.19. The quantitative estimate of drug-likeness (QED) is 0.622. The lowest BCUT2D eigenvalue weighted by atomic mass is 9.94. The van der Waals surface area contributed by atoms with E-state index in [2.05, 4.69) is 0 Å². The van der Waals surface area contributed by atoms with E-state index < -0.39 is 17.7 Å². The first-order valence-electron chi connectivity index (χ1n) is 7.06. The van der Waals surface area contributed by atoms with Gasteiger partial charge in [-0.05, 0) is 38.8 Å². The lowest BCUT2D eigenvalue weighted by molar-refractivity contribution is -0.148. The van der Waals surface area contributed by atoms with E-state index in [0.29, 0.717) is 6.42 Å². The Balaban J connectivity index is 2.59. The molecule has 2 N–H and O–H groups in total. The lowest BCUT2D eigenvalue weighted by Crippen LogP contribution is -2.25. The summed E-state index contributed by atoms with van der Waals surface area (Å²) < 4.78 is 5.12. The molecule has 0 amide bonds. The molecule has 0 spiro atoms. The third-order valence-electron chi connectivity index (χ3n) is 2.89. The largest absolute Gasteiger partial charge is 0.457 e. The molecule has 0 bridgehead atoms. The van der Waals surface area contributed by atoms with Gasteiger partial charge < -0.3 is 14.9 Å². The Morgan fingerprint density at radius 2 is 1.90 bits per heavy atom. The van der Waals surface area contributed by atoms with Crippen LogP contribution in [0, 0.1) is 5.92 Å². The molecule has 21 heavy (non-hydrogen) atoms. The predicted molar refractivity (Wildman–Crippen MR) is 81.7 cm³/mol. The number of ether oxygens (including phenoxy) is 1. The second kappa shape index (κ2) is 7.96. The Morgan fingerprint density at radius 3 is 2.43 bits per heavy atom. The van der Waals surface area contributed by atoms with Crippen molar-refractivity contribution < 1.29 is 19.7 Å². The summed E-state index contributed by atoms with van der Waals surface area (Å²) in [5.74, 6) is -0.857. The highest BCUT2D eigenvalue weighted by molar-refractivity contribution is 5.82. The zero-order valence-corrected chi connectivity index (χ0v) is 12.8. The molecule has 4 nitrogen and oxygen atoms in total. The van der Waals surface area contributed by atoms with Crippen molar-refractivity contribution >= 4 is 5.97 Å². The minimum Gasteiger partial charge on any atom is -0.457 e. The zero-order valence-electron chi connectivity index (χ0n) is 12.8. The second-order valence-corrected chi connectivity index (χ2v) is 6.02. The van der Waals surface area contributed by atoms with Gasteiger partial charge in [-0.1, -0.05) is 30.3 Å². The molecule has 0 fully saturated rings. The topological polar surface area (TPSA) is 66.8 Å². The van der Waals surface area contributed by atoms with Gasteiger partial charge in [-0.2, -0.15) is 0 Å². The van der Waals surface area contributed by atoms with E-state index in [4.69, 9.17) is 4.74 Å². The molecule has 0 saturated carbocycles. The van der Waals surface area contributed by atoms with E-state index >= 15 is 0 Å². The summed E-state index contributed by atoms with van der Waals surface area (Å²) in [6.07, 6.45) is 2.22. The zero-order chi connectivity index (χ0) is 15.9. The molecule has 0 aliphatic rings. The molecule has 0 radical (unpaired) electrons. The average Bonchev–Trinajstić information content (AvgIpc) is 2.41. The summed E-state index contributed by atoms with van der Waals surface area (Å²) in [6.45, 7) is 5.18. The van der Waals surface area contributed by atoms with E-state index in [0.717, 1.165) is 5.56 Å². The molecule has 1 rings (SSSR count). The molecule has 0 unspecified atom stereocenters. The van der Waals surface area contributed by atoms with Crippen LogP contribution in [0.1, 0.15) is 26.3 Å². The van der Waals surface area contributed by atoms with Gasteiger partial charge >= 0.3 is 5.97 Å². The van der Waals surface area contributed by atoms with Gasteiger partial charge in [0.2, 0.25) is 0 Å². The van der Waals surface area contributed by atoms with Crippen LogP contribution in [-0.4, -0.2) is 34.5 Å². The van der Waals surface area contributed by atoms with E-state index in [1.165, 1.54) is 12.2 Å². The normalized spacial score (nSPS) is 14.9. The number of aliphatic hydroxyl groups excluding tert-OH is 2. The number of aliphatic hydroxyl groups is 2. The molecular formula is C17H24O4. The number of rotatable bonds is 6. The van der Waals surface area contributed by atoms with Crippen LogP contribution in [0.3, 0.4) is 0 Å². The minimum atomic E-state index is -0.900. The number of carbonyl (C=O) groups is 1. The van der Waals surface area contributed by atoms with Gasteiger partial charge in [0.05, 0.1) is 6.10 Å². The fourth-order valence-corrected chi connectivity index (χ4v) is 1.88. The first-order valence-corrected chi connectivity index (χ1v) is 7.06. The Bertz CT molecular complexity index is 459. The maximum absolute atomic E-state index is 11.5. The number of carbonyl (C=O) groups excluding carboxylic acids is 1. The molecule has 1 aromatic carbocycles. The summed E-state index contributed by atoms with van der Waals surface area (Å²) in [5.41, 5.74) is 0.466. The fraction of sp³-hybridized carbons (Fsp3) is 0.471. The van der Waals surface area contributed by atoms with Crippen molar-refractivity contribution in [2.75, 3.05) is 6.61 Å². The number of benzene rings is 1. The molecule has 1 aromatic rings. The third kappa shape index (κ3) is 7.06. The van der Waals surface area contributed by atoms with Crippen molar-refractivity contribution in [2.24, 2.45) is 5.92 Å². The minimum absolute atomic E-state index is 0.158. The number of esters is 1. The summed E-state index contributed by atoms with van der Waals surface area (Å²) in [7, 11) is 0. The smallest absolute Gasteiger partial charge is 0.331 e. The van der Waals surface area contributed by atoms with Crippen LogP contribution in [0.4, 0.5) is 0 Å². The van der Waals surface area contributed by atoms with Gasteiger partial charge in [0.15, 0.2) is 0 Å². The molecule has 2 atom stereocenters. The Morgan fingerprint density at radius 1 is 1.29 bits per heavy atom. The summed E-state index contributed by atoms with van der Waals surface area (Å²) >= 11 is 0. The summed E-state index contributed by atoms with van der Waals surface area (Å²) in [4.78, 5) is 11.5. The van der Waals surface area contributed by atoms with E-state index in [1.54, 1.807) is 20.8 Å². The van der Waals surface area contributed by atoms with Crippen molar-refractivity contribution in [1.82, 2.24) is 0 Å². The molecule has 0 saturated heterocycles. The van der Waals surface area contributed by atoms with E-state index in [9.17, 15) is 15.0 Å². The number of hydrogen-bond acceptors (Lipinski definition) is 4. The molecule has 0 aromatic heterocycles. The van der Waals surface area contributed by atoms with Crippen molar-refractivity contribution in [3.05, 3.63) is 48.0 Å². The molecule has 0 aliphatic heterocycles. The maximum Gasteiger partial charge on any atom is 0.331 e. The average molecular weight is 292 g/mol. The van der Waals surface area contributed by atoms with Crippen LogP contribution in [0.2, 0.25) is 0 Å². The van der Waals surface area contributed by atoms with Gasteiger partial charge in [0.25, 0.3) is 0 Å². The van der Waals surface area contributed by atoms with Crippen LogP contribution < -0.4 is 0 Å². The first kappa shape index (κ1) is 17.4. The highest BCUT2D eigenvalue weighted by Gasteiger charge is 2.18.